The molecule has 5 nitrogen and oxygen atoms in total. The maximum atomic E-state index is 12.7. The van der Waals surface area contributed by atoms with Crippen molar-refractivity contribution in [1.82, 2.24) is 9.80 Å². The Hall–Kier alpha value is -2.82. The van der Waals surface area contributed by atoms with Gasteiger partial charge in [-0.3, -0.25) is 9.59 Å². The van der Waals surface area contributed by atoms with E-state index in [-0.39, 0.29) is 11.8 Å². The van der Waals surface area contributed by atoms with E-state index in [9.17, 15) is 9.59 Å². The SMILES string of the molecule is CC(=O)N(C)Cc1ccc2c(c1)CN(C(=O)c1ccccc1)CCO2. The number of fused-ring (bicyclic) bond motifs is 1. The zero-order valence-corrected chi connectivity index (χ0v) is 14.6. The molecule has 0 saturated heterocycles. The van der Waals surface area contributed by atoms with Crippen molar-refractivity contribution in [3.05, 3.63) is 65.2 Å². The zero-order valence-electron chi connectivity index (χ0n) is 14.6. The molecule has 1 heterocycles. The molecule has 5 heteroatoms. The lowest BCUT2D eigenvalue weighted by atomic mass is 10.1. The normalized spacial score (nSPS) is 13.4. The highest BCUT2D eigenvalue weighted by Gasteiger charge is 2.21. The van der Waals surface area contributed by atoms with E-state index >= 15 is 0 Å². The van der Waals surface area contributed by atoms with Gasteiger partial charge < -0.3 is 14.5 Å². The average Bonchev–Trinajstić information content (AvgIpc) is 2.83. The lowest BCUT2D eigenvalue weighted by Gasteiger charge is -2.20. The first-order chi connectivity index (χ1) is 12.0. The van der Waals surface area contributed by atoms with Crippen molar-refractivity contribution < 1.29 is 14.3 Å². The molecule has 0 N–H and O–H groups in total. The summed E-state index contributed by atoms with van der Waals surface area (Å²) in [6, 6.07) is 15.2. The van der Waals surface area contributed by atoms with E-state index in [1.807, 2.05) is 48.5 Å². The molecule has 0 fully saturated rings. The first-order valence-corrected chi connectivity index (χ1v) is 8.35. The van der Waals surface area contributed by atoms with Gasteiger partial charge in [0.05, 0.1) is 6.54 Å². The standard InChI is InChI=1S/C20H22N2O3/c1-15(23)21(2)13-16-8-9-19-18(12-16)14-22(10-11-25-19)20(24)17-6-4-3-5-7-17/h3-9,12H,10-11,13-14H2,1-2H3. The topological polar surface area (TPSA) is 49.9 Å². The van der Waals surface area contributed by atoms with Gasteiger partial charge in [-0.15, -0.1) is 0 Å². The summed E-state index contributed by atoms with van der Waals surface area (Å²) in [6.45, 7) is 3.60. The maximum Gasteiger partial charge on any atom is 0.254 e. The van der Waals surface area contributed by atoms with Crippen LogP contribution < -0.4 is 4.74 Å². The Kier molecular flexibility index (Phi) is 5.03. The molecular formula is C20H22N2O3. The van der Waals surface area contributed by atoms with Gasteiger partial charge in [-0.25, -0.2) is 0 Å². The van der Waals surface area contributed by atoms with Crippen molar-refractivity contribution in [3.8, 4) is 5.75 Å². The van der Waals surface area contributed by atoms with Crippen LogP contribution in [-0.4, -0.2) is 41.8 Å². The summed E-state index contributed by atoms with van der Waals surface area (Å²) in [5, 5.41) is 0. The van der Waals surface area contributed by atoms with Crippen LogP contribution in [0.4, 0.5) is 0 Å². The molecular weight excluding hydrogens is 316 g/mol. The van der Waals surface area contributed by atoms with Crippen molar-refractivity contribution in [2.45, 2.75) is 20.0 Å². The molecule has 0 aliphatic carbocycles. The molecule has 3 rings (SSSR count). The molecule has 0 aromatic heterocycles. The second-order valence-corrected chi connectivity index (χ2v) is 6.26. The number of amides is 2. The predicted molar refractivity (Wildman–Crippen MR) is 95.3 cm³/mol. The minimum absolute atomic E-state index is 0.00306. The van der Waals surface area contributed by atoms with Crippen LogP contribution in [0.3, 0.4) is 0 Å². The first-order valence-electron chi connectivity index (χ1n) is 8.35. The highest BCUT2D eigenvalue weighted by atomic mass is 16.5. The maximum absolute atomic E-state index is 12.7. The summed E-state index contributed by atoms with van der Waals surface area (Å²) >= 11 is 0. The van der Waals surface area contributed by atoms with Crippen LogP contribution in [0, 0.1) is 0 Å². The van der Waals surface area contributed by atoms with Gasteiger partial charge in [0.15, 0.2) is 0 Å². The molecule has 130 valence electrons. The average molecular weight is 338 g/mol. The van der Waals surface area contributed by atoms with Gasteiger partial charge in [-0.1, -0.05) is 24.3 Å². The van der Waals surface area contributed by atoms with Gasteiger partial charge in [0, 0.05) is 38.2 Å². The quantitative estimate of drug-likeness (QED) is 0.865. The van der Waals surface area contributed by atoms with E-state index in [0.29, 0.717) is 31.8 Å². The molecule has 0 atom stereocenters. The van der Waals surface area contributed by atoms with Crippen LogP contribution in [0.5, 0.6) is 5.75 Å². The van der Waals surface area contributed by atoms with Gasteiger partial charge in [0.25, 0.3) is 5.91 Å². The number of carbonyl (C=O) groups excluding carboxylic acids is 2. The summed E-state index contributed by atoms with van der Waals surface area (Å²) in [7, 11) is 1.77. The Balaban J connectivity index is 1.81. The van der Waals surface area contributed by atoms with Gasteiger partial charge in [0.2, 0.25) is 5.91 Å². The smallest absolute Gasteiger partial charge is 0.254 e. The Labute approximate surface area is 147 Å². The lowest BCUT2D eigenvalue weighted by Crippen LogP contribution is -2.32. The van der Waals surface area contributed by atoms with Crippen molar-refractivity contribution >= 4 is 11.8 Å². The van der Waals surface area contributed by atoms with Crippen LogP contribution in [0.1, 0.15) is 28.4 Å². The monoisotopic (exact) mass is 338 g/mol. The number of ether oxygens (including phenoxy) is 1. The largest absolute Gasteiger partial charge is 0.491 e. The fourth-order valence-corrected chi connectivity index (χ4v) is 2.87. The third kappa shape index (κ3) is 3.99. The molecule has 0 unspecified atom stereocenters. The highest BCUT2D eigenvalue weighted by Crippen LogP contribution is 2.25. The van der Waals surface area contributed by atoms with E-state index in [4.69, 9.17) is 4.74 Å². The summed E-state index contributed by atoms with van der Waals surface area (Å²) in [6.07, 6.45) is 0. The molecule has 2 aromatic rings. The van der Waals surface area contributed by atoms with Crippen LogP contribution >= 0.6 is 0 Å². The molecule has 25 heavy (non-hydrogen) atoms. The number of hydrogen-bond acceptors (Lipinski definition) is 3. The molecule has 0 radical (unpaired) electrons. The van der Waals surface area contributed by atoms with Crippen molar-refractivity contribution in [3.63, 3.8) is 0 Å². The molecule has 0 bridgehead atoms. The van der Waals surface area contributed by atoms with E-state index in [2.05, 4.69) is 0 Å². The minimum atomic E-state index is 0.00306. The number of benzene rings is 2. The van der Waals surface area contributed by atoms with E-state index in [1.165, 1.54) is 0 Å². The summed E-state index contributed by atoms with van der Waals surface area (Å²) in [5.74, 6) is 0.827. The molecule has 0 spiro atoms. The molecule has 2 amide bonds. The number of carbonyl (C=O) groups is 2. The van der Waals surface area contributed by atoms with E-state index in [1.54, 1.807) is 23.8 Å². The van der Waals surface area contributed by atoms with Gasteiger partial charge >= 0.3 is 0 Å². The summed E-state index contributed by atoms with van der Waals surface area (Å²) in [4.78, 5) is 27.6. The first kappa shape index (κ1) is 17.0. The Bertz CT molecular complexity index is 774. The van der Waals surface area contributed by atoms with Crippen LogP contribution in [0.15, 0.2) is 48.5 Å². The van der Waals surface area contributed by atoms with Crippen LogP contribution in [0.25, 0.3) is 0 Å². The number of hydrogen-bond donors (Lipinski definition) is 0. The Morgan fingerprint density at radius 3 is 2.64 bits per heavy atom. The molecule has 1 aliphatic heterocycles. The summed E-state index contributed by atoms with van der Waals surface area (Å²) in [5.41, 5.74) is 2.67. The van der Waals surface area contributed by atoms with Crippen LogP contribution in [0.2, 0.25) is 0 Å². The lowest BCUT2D eigenvalue weighted by molar-refractivity contribution is -0.128. The van der Waals surface area contributed by atoms with Gasteiger partial charge in [-0.2, -0.15) is 0 Å². The van der Waals surface area contributed by atoms with Crippen molar-refractivity contribution in [2.75, 3.05) is 20.2 Å². The second-order valence-electron chi connectivity index (χ2n) is 6.26. The Morgan fingerprint density at radius 1 is 1.16 bits per heavy atom. The molecule has 0 saturated carbocycles. The number of rotatable bonds is 3. The predicted octanol–water partition coefficient (Wildman–Crippen LogP) is 2.70. The second kappa shape index (κ2) is 7.38. The number of nitrogens with zero attached hydrogens (tertiary/aromatic N) is 2. The fraction of sp³-hybridized carbons (Fsp3) is 0.300. The third-order valence-electron chi connectivity index (χ3n) is 4.37. The third-order valence-corrected chi connectivity index (χ3v) is 4.37. The van der Waals surface area contributed by atoms with E-state index in [0.717, 1.165) is 16.9 Å². The molecule has 1 aliphatic rings. The van der Waals surface area contributed by atoms with Gasteiger partial charge in [-0.05, 0) is 29.8 Å². The fourth-order valence-electron chi connectivity index (χ4n) is 2.87. The summed E-state index contributed by atoms with van der Waals surface area (Å²) < 4.78 is 5.80. The van der Waals surface area contributed by atoms with Crippen LogP contribution in [-0.2, 0) is 17.9 Å². The van der Waals surface area contributed by atoms with Crippen molar-refractivity contribution in [1.29, 1.82) is 0 Å². The van der Waals surface area contributed by atoms with E-state index < -0.39 is 0 Å². The van der Waals surface area contributed by atoms with Crippen molar-refractivity contribution in [2.24, 2.45) is 0 Å². The molecule has 2 aromatic carbocycles. The minimum Gasteiger partial charge on any atom is -0.491 e. The Morgan fingerprint density at radius 2 is 1.92 bits per heavy atom. The highest BCUT2D eigenvalue weighted by molar-refractivity contribution is 5.94. The zero-order chi connectivity index (χ0) is 17.8. The van der Waals surface area contributed by atoms with Gasteiger partial charge in [0.1, 0.15) is 12.4 Å².